The molecule has 0 aliphatic heterocycles. The third-order valence-corrected chi connectivity index (χ3v) is 3.95. The van der Waals surface area contributed by atoms with Crippen LogP contribution >= 0.6 is 0 Å². The molecule has 92 valence electrons. The van der Waals surface area contributed by atoms with E-state index >= 15 is 0 Å². The Bertz CT molecular complexity index is 303. The molecule has 7 heteroatoms. The Hall–Kier alpha value is -0.300. The molecule has 0 saturated heterocycles. The lowest BCUT2D eigenvalue weighted by molar-refractivity contribution is -0.0460. The zero-order valence-electron chi connectivity index (χ0n) is 9.14. The average molecular weight is 247 g/mol. The number of halogens is 3. The van der Waals surface area contributed by atoms with Crippen molar-refractivity contribution in [1.29, 1.82) is 0 Å². The molecule has 0 bridgehead atoms. The minimum Gasteiger partial charge on any atom is -0.301 e. The van der Waals surface area contributed by atoms with Gasteiger partial charge in [-0.05, 0) is 12.0 Å². The summed E-state index contributed by atoms with van der Waals surface area (Å²) in [7, 11) is -5.17. The fourth-order valence-corrected chi connectivity index (χ4v) is 2.78. The summed E-state index contributed by atoms with van der Waals surface area (Å²) in [6, 6.07) is 0. The summed E-state index contributed by atoms with van der Waals surface area (Å²) >= 11 is 0. The molecule has 0 saturated carbocycles. The summed E-state index contributed by atoms with van der Waals surface area (Å²) in [4.78, 5) is 0. The maximum Gasteiger partial charge on any atom is 0.498 e. The lowest BCUT2D eigenvalue weighted by Crippen LogP contribution is -2.51. The Morgan fingerprint density at radius 2 is 1.60 bits per heavy atom. The molecule has 0 aromatic rings. The zero-order chi connectivity index (χ0) is 12.5. The molecule has 0 aromatic heterocycles. The predicted molar refractivity (Wildman–Crippen MR) is 51.9 cm³/mol. The lowest BCUT2D eigenvalue weighted by Gasteiger charge is -2.31. The second-order valence-corrected chi connectivity index (χ2v) is 6.32. The van der Waals surface area contributed by atoms with E-state index in [2.05, 4.69) is 5.32 Å². The van der Waals surface area contributed by atoms with Crippen molar-refractivity contribution in [3.05, 3.63) is 0 Å². The first-order valence-corrected chi connectivity index (χ1v) is 6.02. The molecule has 0 amide bonds. The van der Waals surface area contributed by atoms with Gasteiger partial charge in [0.25, 0.3) is 9.84 Å². The maximum absolute atomic E-state index is 12.3. The molecule has 1 unspecified atom stereocenters. The Balaban J connectivity index is 5.30. The van der Waals surface area contributed by atoms with Crippen molar-refractivity contribution >= 4 is 9.84 Å². The van der Waals surface area contributed by atoms with E-state index in [4.69, 9.17) is 0 Å². The molecule has 0 spiro atoms. The highest BCUT2D eigenvalue weighted by atomic mass is 32.2. The SMILES string of the molecule is CCNC(C(C)(C)C)S(=O)(=O)C(F)(F)F. The third-order valence-electron chi connectivity index (χ3n) is 1.81. The van der Waals surface area contributed by atoms with Crippen LogP contribution in [0.5, 0.6) is 0 Å². The van der Waals surface area contributed by atoms with Crippen LogP contribution in [0.1, 0.15) is 27.7 Å². The molecule has 1 N–H and O–H groups in total. The molecule has 0 aliphatic rings. The topological polar surface area (TPSA) is 46.2 Å². The van der Waals surface area contributed by atoms with Crippen LogP contribution in [0.2, 0.25) is 0 Å². The van der Waals surface area contributed by atoms with Crippen LogP contribution in [0.25, 0.3) is 0 Å². The van der Waals surface area contributed by atoms with E-state index in [1.54, 1.807) is 6.92 Å². The van der Waals surface area contributed by atoms with Crippen LogP contribution in [0.3, 0.4) is 0 Å². The summed E-state index contributed by atoms with van der Waals surface area (Å²) in [5.74, 6) is 0. The van der Waals surface area contributed by atoms with Crippen molar-refractivity contribution < 1.29 is 21.6 Å². The molecule has 0 fully saturated rings. The van der Waals surface area contributed by atoms with E-state index in [9.17, 15) is 21.6 Å². The van der Waals surface area contributed by atoms with Gasteiger partial charge in [-0.15, -0.1) is 0 Å². The molecule has 15 heavy (non-hydrogen) atoms. The molecule has 1 atom stereocenters. The van der Waals surface area contributed by atoms with Gasteiger partial charge in [-0.25, -0.2) is 8.42 Å². The molecule has 3 nitrogen and oxygen atoms in total. The highest BCUT2D eigenvalue weighted by Gasteiger charge is 2.53. The van der Waals surface area contributed by atoms with E-state index in [1.165, 1.54) is 20.8 Å². The highest BCUT2D eigenvalue weighted by molar-refractivity contribution is 7.92. The van der Waals surface area contributed by atoms with Gasteiger partial charge in [0.2, 0.25) is 0 Å². The molecule has 0 heterocycles. The van der Waals surface area contributed by atoms with Crippen molar-refractivity contribution in [1.82, 2.24) is 5.32 Å². The number of alkyl halides is 3. The maximum atomic E-state index is 12.3. The van der Waals surface area contributed by atoms with E-state index in [-0.39, 0.29) is 6.54 Å². The smallest absolute Gasteiger partial charge is 0.301 e. The van der Waals surface area contributed by atoms with Crippen molar-refractivity contribution in [3.63, 3.8) is 0 Å². The standard InChI is InChI=1S/C8H16F3NO2S/c1-5-12-6(7(2,3)4)15(13,14)8(9,10)11/h6,12H,5H2,1-4H3. The van der Waals surface area contributed by atoms with Crippen LogP contribution in [0, 0.1) is 5.41 Å². The number of nitrogens with one attached hydrogen (secondary N) is 1. The number of hydrogen-bond acceptors (Lipinski definition) is 3. The first-order valence-electron chi connectivity index (χ1n) is 4.48. The second-order valence-electron chi connectivity index (χ2n) is 4.29. The lowest BCUT2D eigenvalue weighted by atomic mass is 9.96. The van der Waals surface area contributed by atoms with Gasteiger partial charge in [0.1, 0.15) is 5.37 Å². The van der Waals surface area contributed by atoms with Gasteiger partial charge < -0.3 is 5.32 Å². The van der Waals surface area contributed by atoms with Gasteiger partial charge in [-0.1, -0.05) is 27.7 Å². The van der Waals surface area contributed by atoms with E-state index in [1.807, 2.05) is 0 Å². The second kappa shape index (κ2) is 4.29. The first-order chi connectivity index (χ1) is 6.44. The molecule has 0 rings (SSSR count). The zero-order valence-corrected chi connectivity index (χ0v) is 9.96. The minimum atomic E-state index is -5.22. The normalized spacial score (nSPS) is 16.5. The Labute approximate surface area is 88.0 Å². The van der Waals surface area contributed by atoms with Gasteiger partial charge in [0.15, 0.2) is 0 Å². The van der Waals surface area contributed by atoms with Gasteiger partial charge >= 0.3 is 5.51 Å². The first kappa shape index (κ1) is 14.7. The molecule has 0 aliphatic carbocycles. The van der Waals surface area contributed by atoms with Gasteiger partial charge in [-0.3, -0.25) is 0 Å². The minimum absolute atomic E-state index is 0.164. The molecule has 0 radical (unpaired) electrons. The van der Waals surface area contributed by atoms with E-state index in [0.717, 1.165) is 0 Å². The van der Waals surface area contributed by atoms with Crippen LogP contribution in [-0.4, -0.2) is 25.8 Å². The van der Waals surface area contributed by atoms with Crippen LogP contribution in [0.15, 0.2) is 0 Å². The average Bonchev–Trinajstić information content (AvgIpc) is 1.95. The Morgan fingerprint density at radius 3 is 1.80 bits per heavy atom. The predicted octanol–water partition coefficient (Wildman–Crippen LogP) is 1.90. The Morgan fingerprint density at radius 1 is 1.20 bits per heavy atom. The summed E-state index contributed by atoms with van der Waals surface area (Å²) in [5, 5.41) is 0.746. The summed E-state index contributed by atoms with van der Waals surface area (Å²) in [6.45, 7) is 6.07. The number of hydrogen-bond donors (Lipinski definition) is 1. The highest BCUT2D eigenvalue weighted by Crippen LogP contribution is 2.34. The summed E-state index contributed by atoms with van der Waals surface area (Å²) in [5.41, 5.74) is -6.22. The van der Waals surface area contributed by atoms with E-state index in [0.29, 0.717) is 0 Å². The van der Waals surface area contributed by atoms with Crippen LogP contribution in [-0.2, 0) is 9.84 Å². The number of rotatable bonds is 3. The summed E-state index contributed by atoms with van der Waals surface area (Å²) < 4.78 is 59.3. The summed E-state index contributed by atoms with van der Waals surface area (Å²) in [6.07, 6.45) is 0. The Kier molecular flexibility index (Phi) is 4.20. The molecular weight excluding hydrogens is 231 g/mol. The van der Waals surface area contributed by atoms with Gasteiger partial charge in [0, 0.05) is 0 Å². The van der Waals surface area contributed by atoms with Crippen molar-refractivity contribution in [3.8, 4) is 0 Å². The monoisotopic (exact) mass is 247 g/mol. The van der Waals surface area contributed by atoms with E-state index < -0.39 is 26.1 Å². The van der Waals surface area contributed by atoms with Gasteiger partial charge in [-0.2, -0.15) is 13.2 Å². The molecule has 0 aromatic carbocycles. The number of sulfone groups is 1. The fraction of sp³-hybridized carbons (Fsp3) is 1.00. The van der Waals surface area contributed by atoms with Crippen molar-refractivity contribution in [2.45, 2.75) is 38.6 Å². The third kappa shape index (κ3) is 3.34. The van der Waals surface area contributed by atoms with Crippen LogP contribution in [0.4, 0.5) is 13.2 Å². The van der Waals surface area contributed by atoms with Crippen molar-refractivity contribution in [2.24, 2.45) is 5.41 Å². The van der Waals surface area contributed by atoms with Crippen molar-refractivity contribution in [2.75, 3.05) is 6.54 Å². The quantitative estimate of drug-likeness (QED) is 0.828. The molecular formula is C8H16F3NO2S. The van der Waals surface area contributed by atoms with Crippen LogP contribution < -0.4 is 5.32 Å². The largest absolute Gasteiger partial charge is 0.498 e. The van der Waals surface area contributed by atoms with Gasteiger partial charge in [0.05, 0.1) is 0 Å². The fourth-order valence-electron chi connectivity index (χ4n) is 1.20.